The molecule has 5 heteroatoms. The predicted molar refractivity (Wildman–Crippen MR) is 81.0 cm³/mol. The van der Waals surface area contributed by atoms with Gasteiger partial charge in [-0.05, 0) is 6.07 Å². The van der Waals surface area contributed by atoms with Gasteiger partial charge in [-0.1, -0.05) is 32.0 Å². The molecule has 0 saturated carbocycles. The summed E-state index contributed by atoms with van der Waals surface area (Å²) in [6, 6.07) is 7.96. The van der Waals surface area contributed by atoms with Crippen molar-refractivity contribution in [2.45, 2.75) is 31.2 Å². The molecule has 0 saturated heterocycles. The molecule has 0 aliphatic heterocycles. The number of nitrogens with zero attached hydrogens (tertiary/aromatic N) is 2. The summed E-state index contributed by atoms with van der Waals surface area (Å²) in [5.74, 6) is 1.58. The quantitative estimate of drug-likeness (QED) is 0.480. The first-order valence-corrected chi connectivity index (χ1v) is 7.56. The van der Waals surface area contributed by atoms with E-state index >= 15 is 0 Å². The van der Waals surface area contributed by atoms with E-state index in [-0.39, 0.29) is 11.9 Å². The van der Waals surface area contributed by atoms with E-state index in [0.29, 0.717) is 12.2 Å². The Morgan fingerprint density at radius 3 is 2.75 bits per heavy atom. The molecule has 0 bridgehead atoms. The minimum Gasteiger partial charge on any atom is -0.469 e. The van der Waals surface area contributed by atoms with Crippen molar-refractivity contribution in [1.29, 1.82) is 0 Å². The van der Waals surface area contributed by atoms with Crippen molar-refractivity contribution in [3.63, 3.8) is 0 Å². The second kappa shape index (κ2) is 6.70. The molecule has 2 aromatic rings. The number of para-hydroxylation sites is 1. The zero-order chi connectivity index (χ0) is 14.5. The first kappa shape index (κ1) is 14.8. The minimum absolute atomic E-state index is 0.194. The Hall–Kier alpha value is -1.62. The molecule has 0 fully saturated rings. The van der Waals surface area contributed by atoms with Crippen molar-refractivity contribution < 1.29 is 9.53 Å². The van der Waals surface area contributed by atoms with Crippen LogP contribution in [0, 0.1) is 0 Å². The fraction of sp³-hybridized carbons (Fsp3) is 0.400. The van der Waals surface area contributed by atoms with E-state index in [9.17, 15) is 4.79 Å². The minimum atomic E-state index is -0.194. The van der Waals surface area contributed by atoms with Gasteiger partial charge in [0, 0.05) is 17.1 Å². The van der Waals surface area contributed by atoms with Crippen LogP contribution in [-0.4, -0.2) is 28.8 Å². The Morgan fingerprint density at radius 1 is 1.30 bits per heavy atom. The van der Waals surface area contributed by atoms with Gasteiger partial charge in [-0.15, -0.1) is 11.8 Å². The van der Waals surface area contributed by atoms with Gasteiger partial charge in [-0.2, -0.15) is 0 Å². The van der Waals surface area contributed by atoms with Gasteiger partial charge in [0.05, 0.1) is 19.0 Å². The Labute approximate surface area is 123 Å². The predicted octanol–water partition coefficient (Wildman–Crippen LogP) is 3.41. The van der Waals surface area contributed by atoms with Crippen LogP contribution in [0.25, 0.3) is 10.9 Å². The average Bonchev–Trinajstić information content (AvgIpc) is 2.46. The maximum absolute atomic E-state index is 11.2. The van der Waals surface area contributed by atoms with Gasteiger partial charge in [-0.3, -0.25) is 4.79 Å². The van der Waals surface area contributed by atoms with Crippen molar-refractivity contribution in [3.05, 3.63) is 30.1 Å². The SMILES string of the molecule is COC(=O)CCSc1nc(C(C)C)nc2ccccc12. The lowest BCUT2D eigenvalue weighted by atomic mass is 10.2. The number of aromatic nitrogens is 2. The van der Waals surface area contributed by atoms with E-state index in [1.807, 2.05) is 24.3 Å². The van der Waals surface area contributed by atoms with Crippen LogP contribution in [0.15, 0.2) is 29.3 Å². The van der Waals surface area contributed by atoms with E-state index in [0.717, 1.165) is 21.8 Å². The molecule has 0 unspecified atom stereocenters. The fourth-order valence-corrected chi connectivity index (χ4v) is 2.71. The third kappa shape index (κ3) is 3.48. The van der Waals surface area contributed by atoms with Gasteiger partial charge < -0.3 is 4.74 Å². The fourth-order valence-electron chi connectivity index (χ4n) is 1.77. The zero-order valence-electron chi connectivity index (χ0n) is 11.9. The summed E-state index contributed by atoms with van der Waals surface area (Å²) in [5.41, 5.74) is 0.951. The number of methoxy groups -OCH3 is 1. The van der Waals surface area contributed by atoms with Gasteiger partial charge >= 0.3 is 5.97 Å². The summed E-state index contributed by atoms with van der Waals surface area (Å²) < 4.78 is 4.65. The smallest absolute Gasteiger partial charge is 0.306 e. The standard InChI is InChI=1S/C15H18N2O2S/c1-10(2)14-16-12-7-5-4-6-11(12)15(17-14)20-9-8-13(18)19-3/h4-7,10H,8-9H2,1-3H3. The maximum Gasteiger partial charge on any atom is 0.306 e. The zero-order valence-corrected chi connectivity index (χ0v) is 12.7. The molecule has 1 aromatic heterocycles. The number of benzene rings is 1. The molecule has 20 heavy (non-hydrogen) atoms. The Bertz CT molecular complexity index is 614. The molecular formula is C15H18N2O2S. The van der Waals surface area contributed by atoms with Crippen LogP contribution in [0.4, 0.5) is 0 Å². The number of hydrogen-bond donors (Lipinski definition) is 0. The van der Waals surface area contributed by atoms with Crippen molar-refractivity contribution in [2.75, 3.05) is 12.9 Å². The maximum atomic E-state index is 11.2. The summed E-state index contributed by atoms with van der Waals surface area (Å²) in [5, 5.41) is 1.97. The molecular weight excluding hydrogens is 272 g/mol. The molecule has 1 aromatic carbocycles. The van der Waals surface area contributed by atoms with E-state index in [4.69, 9.17) is 0 Å². The highest BCUT2D eigenvalue weighted by molar-refractivity contribution is 7.99. The van der Waals surface area contributed by atoms with E-state index < -0.39 is 0 Å². The lowest BCUT2D eigenvalue weighted by Gasteiger charge is -2.10. The highest BCUT2D eigenvalue weighted by atomic mass is 32.2. The molecule has 1 heterocycles. The second-order valence-corrected chi connectivity index (χ2v) is 5.82. The number of hydrogen-bond acceptors (Lipinski definition) is 5. The molecule has 4 nitrogen and oxygen atoms in total. The molecule has 0 radical (unpaired) electrons. The monoisotopic (exact) mass is 290 g/mol. The van der Waals surface area contributed by atoms with Crippen LogP contribution in [0.2, 0.25) is 0 Å². The molecule has 0 aliphatic rings. The van der Waals surface area contributed by atoms with Gasteiger partial charge in [0.25, 0.3) is 0 Å². The molecule has 0 amide bonds. The summed E-state index contributed by atoms with van der Waals surface area (Å²) in [7, 11) is 1.41. The summed E-state index contributed by atoms with van der Waals surface area (Å²) in [4.78, 5) is 20.4. The number of esters is 1. The van der Waals surface area contributed by atoms with E-state index in [2.05, 4.69) is 28.6 Å². The Morgan fingerprint density at radius 2 is 2.05 bits per heavy atom. The normalized spacial score (nSPS) is 11.0. The first-order valence-electron chi connectivity index (χ1n) is 6.58. The molecule has 0 N–H and O–H groups in total. The van der Waals surface area contributed by atoms with Crippen LogP contribution >= 0.6 is 11.8 Å². The highest BCUT2D eigenvalue weighted by Gasteiger charge is 2.11. The lowest BCUT2D eigenvalue weighted by molar-refractivity contribution is -0.140. The van der Waals surface area contributed by atoms with E-state index in [1.54, 1.807) is 11.8 Å². The molecule has 106 valence electrons. The van der Waals surface area contributed by atoms with Crippen LogP contribution in [0.1, 0.15) is 32.0 Å². The van der Waals surface area contributed by atoms with Gasteiger partial charge in [0.15, 0.2) is 0 Å². The summed E-state index contributed by atoms with van der Waals surface area (Å²) >= 11 is 1.57. The largest absolute Gasteiger partial charge is 0.469 e. The molecule has 0 aliphatic carbocycles. The van der Waals surface area contributed by atoms with Gasteiger partial charge in [0.2, 0.25) is 0 Å². The molecule has 0 atom stereocenters. The van der Waals surface area contributed by atoms with Crippen LogP contribution in [0.3, 0.4) is 0 Å². The van der Waals surface area contributed by atoms with Crippen LogP contribution < -0.4 is 0 Å². The van der Waals surface area contributed by atoms with Crippen molar-refractivity contribution in [1.82, 2.24) is 9.97 Å². The number of carbonyl (C=O) groups excluding carboxylic acids is 1. The van der Waals surface area contributed by atoms with Crippen molar-refractivity contribution >= 4 is 28.6 Å². The van der Waals surface area contributed by atoms with E-state index in [1.165, 1.54) is 7.11 Å². The average molecular weight is 290 g/mol. The van der Waals surface area contributed by atoms with Crippen molar-refractivity contribution in [2.24, 2.45) is 0 Å². The number of rotatable bonds is 5. The number of carbonyl (C=O) groups is 1. The van der Waals surface area contributed by atoms with Crippen LogP contribution in [-0.2, 0) is 9.53 Å². The third-order valence-corrected chi connectivity index (χ3v) is 3.87. The summed E-state index contributed by atoms with van der Waals surface area (Å²) in [6.45, 7) is 4.15. The Balaban J connectivity index is 2.27. The first-order chi connectivity index (χ1) is 9.61. The van der Waals surface area contributed by atoms with Gasteiger partial charge in [-0.25, -0.2) is 9.97 Å². The second-order valence-electron chi connectivity index (χ2n) is 4.73. The lowest BCUT2D eigenvalue weighted by Crippen LogP contribution is -2.03. The Kier molecular flexibility index (Phi) is 4.95. The number of thioether (sulfide) groups is 1. The summed E-state index contributed by atoms with van der Waals surface area (Å²) in [6.07, 6.45) is 0.385. The third-order valence-electron chi connectivity index (χ3n) is 2.87. The topological polar surface area (TPSA) is 52.1 Å². The van der Waals surface area contributed by atoms with Crippen molar-refractivity contribution in [3.8, 4) is 0 Å². The number of ether oxygens (including phenoxy) is 1. The highest BCUT2D eigenvalue weighted by Crippen LogP contribution is 2.27. The van der Waals surface area contributed by atoms with Crippen LogP contribution in [0.5, 0.6) is 0 Å². The molecule has 0 spiro atoms. The van der Waals surface area contributed by atoms with Gasteiger partial charge in [0.1, 0.15) is 10.9 Å². The molecule has 2 rings (SSSR count). The number of fused-ring (bicyclic) bond motifs is 1.